The minimum atomic E-state index is 0.153. The van der Waals surface area contributed by atoms with E-state index >= 15 is 0 Å². The van der Waals surface area contributed by atoms with Crippen LogP contribution in [0, 0.1) is 5.92 Å². The van der Waals surface area contributed by atoms with Crippen LogP contribution in [0.2, 0.25) is 0 Å². The average Bonchev–Trinajstić information content (AvgIpc) is 2.84. The summed E-state index contributed by atoms with van der Waals surface area (Å²) in [5, 5.41) is 3.15. The van der Waals surface area contributed by atoms with Gasteiger partial charge in [-0.2, -0.15) is 0 Å². The van der Waals surface area contributed by atoms with Gasteiger partial charge in [-0.15, -0.1) is 0 Å². The zero-order valence-corrected chi connectivity index (χ0v) is 12.8. The number of rotatable bonds is 5. The number of nitrogens with one attached hydrogen (secondary N) is 1. The van der Waals surface area contributed by atoms with Crippen molar-refractivity contribution in [3.63, 3.8) is 0 Å². The molecule has 0 bridgehead atoms. The highest BCUT2D eigenvalue weighted by molar-refractivity contribution is 5.76. The molecule has 1 aliphatic heterocycles. The van der Waals surface area contributed by atoms with Crippen LogP contribution in [-0.4, -0.2) is 55.2 Å². The minimum Gasteiger partial charge on any atom is -0.379 e. The van der Waals surface area contributed by atoms with Crippen LogP contribution in [0.15, 0.2) is 0 Å². The molecule has 20 heavy (non-hydrogen) atoms. The quantitative estimate of drug-likeness (QED) is 0.780. The molecule has 2 unspecified atom stereocenters. The van der Waals surface area contributed by atoms with Crippen LogP contribution in [-0.2, 0) is 9.53 Å². The first-order chi connectivity index (χ1) is 9.58. The molecule has 1 saturated heterocycles. The van der Waals surface area contributed by atoms with E-state index in [1.54, 1.807) is 0 Å². The summed E-state index contributed by atoms with van der Waals surface area (Å²) in [6, 6.07) is 0.728. The molecule has 2 rings (SSSR count). The summed E-state index contributed by atoms with van der Waals surface area (Å²) < 4.78 is 5.37. The van der Waals surface area contributed by atoms with Gasteiger partial charge in [0.2, 0.25) is 5.91 Å². The van der Waals surface area contributed by atoms with Gasteiger partial charge in [-0.3, -0.25) is 9.69 Å². The van der Waals surface area contributed by atoms with E-state index in [-0.39, 0.29) is 18.0 Å². The van der Waals surface area contributed by atoms with Gasteiger partial charge >= 0.3 is 0 Å². The van der Waals surface area contributed by atoms with Crippen LogP contribution >= 0.6 is 0 Å². The first-order valence-electron chi connectivity index (χ1n) is 7.94. The van der Waals surface area contributed by atoms with Gasteiger partial charge in [0, 0.05) is 37.6 Å². The first-order valence-corrected chi connectivity index (χ1v) is 7.94. The Morgan fingerprint density at radius 3 is 2.65 bits per heavy atom. The highest BCUT2D eigenvalue weighted by Gasteiger charge is 2.28. The second-order valence-electron chi connectivity index (χ2n) is 6.30. The summed E-state index contributed by atoms with van der Waals surface area (Å²) in [4.78, 5) is 14.5. The lowest BCUT2D eigenvalue weighted by atomic mass is 9.99. The molecule has 4 atom stereocenters. The van der Waals surface area contributed by atoms with Crippen LogP contribution in [0.4, 0.5) is 0 Å². The Kier molecular flexibility index (Phi) is 5.81. The number of carbonyl (C=O) groups is 1. The molecule has 0 radical (unpaired) electrons. The largest absolute Gasteiger partial charge is 0.379 e. The van der Waals surface area contributed by atoms with Gasteiger partial charge in [0.1, 0.15) is 0 Å². The normalized spacial score (nSPS) is 30.9. The Morgan fingerprint density at radius 2 is 2.05 bits per heavy atom. The molecule has 0 spiro atoms. The number of nitrogens with zero attached hydrogens (tertiary/aromatic N) is 1. The summed E-state index contributed by atoms with van der Waals surface area (Å²) in [6.07, 6.45) is 3.92. The van der Waals surface area contributed by atoms with Gasteiger partial charge in [0.15, 0.2) is 0 Å². The molecule has 2 aliphatic rings. The zero-order chi connectivity index (χ0) is 14.5. The van der Waals surface area contributed by atoms with Crippen LogP contribution in [0.25, 0.3) is 0 Å². The van der Waals surface area contributed by atoms with E-state index in [1.807, 2.05) is 0 Å². The second-order valence-corrected chi connectivity index (χ2v) is 6.30. The van der Waals surface area contributed by atoms with Gasteiger partial charge in [-0.05, 0) is 32.6 Å². The van der Waals surface area contributed by atoms with Crippen molar-refractivity contribution in [2.75, 3.05) is 26.3 Å². The highest BCUT2D eigenvalue weighted by atomic mass is 16.5. The molecular formula is C15H29N3O2. The standard InChI is InChI=1S/C15H29N3O2/c1-11(12(2)18-6-8-20-9-7-18)17-15(19)10-13-4-3-5-14(13)16/h11-14H,3-10,16H2,1-2H3,(H,17,19)/t11?,12?,13-,14+/m0/s1. The molecule has 1 saturated carbocycles. The van der Waals surface area contributed by atoms with Crippen LogP contribution in [0.1, 0.15) is 39.5 Å². The number of hydrogen-bond donors (Lipinski definition) is 2. The van der Waals surface area contributed by atoms with Crippen LogP contribution < -0.4 is 11.1 Å². The van der Waals surface area contributed by atoms with Crippen molar-refractivity contribution < 1.29 is 9.53 Å². The van der Waals surface area contributed by atoms with E-state index in [1.165, 1.54) is 6.42 Å². The van der Waals surface area contributed by atoms with Crippen molar-refractivity contribution >= 4 is 5.91 Å². The smallest absolute Gasteiger partial charge is 0.220 e. The first kappa shape index (κ1) is 15.7. The van der Waals surface area contributed by atoms with Gasteiger partial charge < -0.3 is 15.8 Å². The monoisotopic (exact) mass is 283 g/mol. The van der Waals surface area contributed by atoms with E-state index in [0.29, 0.717) is 18.4 Å². The Bertz CT molecular complexity index is 318. The number of ether oxygens (including phenoxy) is 1. The third-order valence-corrected chi connectivity index (χ3v) is 4.90. The molecule has 1 amide bonds. The van der Waals surface area contributed by atoms with E-state index in [9.17, 15) is 4.79 Å². The molecule has 116 valence electrons. The second kappa shape index (κ2) is 7.38. The maximum atomic E-state index is 12.1. The van der Waals surface area contributed by atoms with Crippen molar-refractivity contribution in [2.45, 2.75) is 57.7 Å². The van der Waals surface area contributed by atoms with Crippen molar-refractivity contribution in [2.24, 2.45) is 11.7 Å². The predicted molar refractivity (Wildman–Crippen MR) is 79.4 cm³/mol. The lowest BCUT2D eigenvalue weighted by Gasteiger charge is -2.36. The van der Waals surface area contributed by atoms with Gasteiger partial charge in [-0.25, -0.2) is 0 Å². The molecule has 1 aliphatic carbocycles. The van der Waals surface area contributed by atoms with Gasteiger partial charge in [0.25, 0.3) is 0 Å². The van der Waals surface area contributed by atoms with E-state index < -0.39 is 0 Å². The van der Waals surface area contributed by atoms with Crippen LogP contribution in [0.5, 0.6) is 0 Å². The molecule has 0 aromatic rings. The SMILES string of the molecule is CC(NC(=O)C[C@@H]1CCC[C@H]1N)C(C)N1CCOCC1. The Morgan fingerprint density at radius 1 is 1.35 bits per heavy atom. The molecule has 2 fully saturated rings. The molecule has 5 heteroatoms. The fourth-order valence-electron chi connectivity index (χ4n) is 3.29. The number of amides is 1. The third-order valence-electron chi connectivity index (χ3n) is 4.90. The fraction of sp³-hybridized carbons (Fsp3) is 0.933. The van der Waals surface area contributed by atoms with E-state index in [4.69, 9.17) is 10.5 Å². The number of carbonyl (C=O) groups excluding carboxylic acids is 1. The molecule has 0 aromatic carbocycles. The number of nitrogens with two attached hydrogens (primary N) is 1. The summed E-state index contributed by atoms with van der Waals surface area (Å²) in [5.41, 5.74) is 6.03. The Labute approximate surface area is 122 Å². The summed E-state index contributed by atoms with van der Waals surface area (Å²) in [5.74, 6) is 0.529. The van der Waals surface area contributed by atoms with Crippen molar-refractivity contribution in [3.8, 4) is 0 Å². The molecule has 3 N–H and O–H groups in total. The molecule has 5 nitrogen and oxygen atoms in total. The molecule has 0 aromatic heterocycles. The van der Waals surface area contributed by atoms with Gasteiger partial charge in [-0.1, -0.05) is 6.42 Å². The zero-order valence-electron chi connectivity index (χ0n) is 12.8. The topological polar surface area (TPSA) is 67.6 Å². The number of hydrogen-bond acceptors (Lipinski definition) is 4. The van der Waals surface area contributed by atoms with E-state index in [0.717, 1.165) is 39.1 Å². The molecular weight excluding hydrogens is 254 g/mol. The average molecular weight is 283 g/mol. The summed E-state index contributed by atoms with van der Waals surface area (Å²) in [6.45, 7) is 7.76. The van der Waals surface area contributed by atoms with Crippen molar-refractivity contribution in [3.05, 3.63) is 0 Å². The summed E-state index contributed by atoms with van der Waals surface area (Å²) >= 11 is 0. The van der Waals surface area contributed by atoms with Gasteiger partial charge in [0.05, 0.1) is 13.2 Å². The van der Waals surface area contributed by atoms with Crippen molar-refractivity contribution in [1.29, 1.82) is 0 Å². The fourth-order valence-corrected chi connectivity index (χ4v) is 3.29. The highest BCUT2D eigenvalue weighted by Crippen LogP contribution is 2.26. The van der Waals surface area contributed by atoms with Crippen LogP contribution in [0.3, 0.4) is 0 Å². The Balaban J connectivity index is 1.74. The minimum absolute atomic E-state index is 0.153. The number of morpholine rings is 1. The Hall–Kier alpha value is -0.650. The van der Waals surface area contributed by atoms with Crippen molar-refractivity contribution in [1.82, 2.24) is 10.2 Å². The molecule has 1 heterocycles. The maximum absolute atomic E-state index is 12.1. The predicted octanol–water partition coefficient (Wildman–Crippen LogP) is 0.729. The maximum Gasteiger partial charge on any atom is 0.220 e. The van der Waals surface area contributed by atoms with E-state index in [2.05, 4.69) is 24.1 Å². The third kappa shape index (κ3) is 4.17. The summed E-state index contributed by atoms with van der Waals surface area (Å²) in [7, 11) is 0. The lowest BCUT2D eigenvalue weighted by Crippen LogP contribution is -2.52. The lowest BCUT2D eigenvalue weighted by molar-refractivity contribution is -0.123.